The van der Waals surface area contributed by atoms with Crippen LogP contribution in [0, 0.1) is 0 Å². The lowest BCUT2D eigenvalue weighted by Gasteiger charge is -2.13. The first-order chi connectivity index (χ1) is 23.6. The molecule has 0 atom stereocenters. The molecule has 0 aliphatic heterocycles. The molecule has 0 bridgehead atoms. The third-order valence-corrected chi connectivity index (χ3v) is 9.09. The molecule has 2 aromatic heterocycles. The van der Waals surface area contributed by atoms with Crippen molar-refractivity contribution in [2.24, 2.45) is 0 Å². The summed E-state index contributed by atoms with van der Waals surface area (Å²) in [7, 11) is 0. The van der Waals surface area contributed by atoms with Crippen LogP contribution in [0.1, 0.15) is 0 Å². The number of fused-ring (bicyclic) bond motifs is 4. The summed E-state index contributed by atoms with van der Waals surface area (Å²) in [5, 5.41) is 2.28. The molecule has 4 heteroatoms. The van der Waals surface area contributed by atoms with Crippen molar-refractivity contribution in [1.29, 1.82) is 0 Å². The van der Waals surface area contributed by atoms with Gasteiger partial charge in [0, 0.05) is 0 Å². The highest BCUT2D eigenvalue weighted by Crippen LogP contribution is 2.36. The molecule has 9 rings (SSSR count). The largest absolute Gasteiger partial charge is 0.456 e. The predicted octanol–water partition coefficient (Wildman–Crippen LogP) is 10.9. The molecule has 0 fully saturated rings. The highest BCUT2D eigenvalue weighted by atomic mass is 16.3. The average molecular weight is 619 g/mol. The maximum atomic E-state index is 13.3. The molecule has 0 amide bonds. The first kappa shape index (κ1) is 27.8. The Balaban J connectivity index is 1.11. The van der Waals surface area contributed by atoms with Crippen LogP contribution in [0.2, 0.25) is 0 Å². The molecule has 0 unspecified atom stereocenters. The smallest absolute Gasteiger partial charge is 0.200 e. The maximum Gasteiger partial charge on any atom is 0.200 e. The Kier molecular flexibility index (Phi) is 6.41. The zero-order chi connectivity index (χ0) is 32.2. The molecule has 0 aliphatic carbocycles. The third kappa shape index (κ3) is 4.62. The topological polar surface area (TPSA) is 60.4 Å². The van der Waals surface area contributed by atoms with E-state index in [1.165, 1.54) is 0 Å². The molecular formula is C44H26O4. The Hall–Kier alpha value is -6.52. The second kappa shape index (κ2) is 11.1. The first-order valence-electron chi connectivity index (χ1n) is 15.8. The second-order valence-electron chi connectivity index (χ2n) is 12.0. The van der Waals surface area contributed by atoms with Crippen LogP contribution in [0.4, 0.5) is 0 Å². The molecule has 0 N–H and O–H groups in total. The lowest BCUT2D eigenvalue weighted by molar-refractivity contribution is 0.659. The predicted molar refractivity (Wildman–Crippen MR) is 195 cm³/mol. The van der Waals surface area contributed by atoms with Gasteiger partial charge in [-0.3, -0.25) is 9.59 Å². The first-order valence-corrected chi connectivity index (χ1v) is 15.8. The normalized spacial score (nSPS) is 11.5. The van der Waals surface area contributed by atoms with Crippen molar-refractivity contribution in [2.75, 3.05) is 0 Å². The van der Waals surface area contributed by atoms with E-state index < -0.39 is 0 Å². The van der Waals surface area contributed by atoms with Crippen molar-refractivity contribution >= 4 is 43.9 Å². The molecule has 4 nitrogen and oxygen atoms in total. The van der Waals surface area contributed by atoms with Gasteiger partial charge in [-0.25, -0.2) is 0 Å². The Labute approximate surface area is 274 Å². The van der Waals surface area contributed by atoms with E-state index >= 15 is 0 Å². The lowest BCUT2D eigenvalue weighted by atomic mass is 9.91. The van der Waals surface area contributed by atoms with Gasteiger partial charge in [0.15, 0.2) is 0 Å². The summed E-state index contributed by atoms with van der Waals surface area (Å²) < 4.78 is 12.1. The van der Waals surface area contributed by atoms with Gasteiger partial charge in [-0.05, 0) is 105 Å². The fourth-order valence-electron chi connectivity index (χ4n) is 6.68. The van der Waals surface area contributed by atoms with Gasteiger partial charge in [-0.15, -0.1) is 0 Å². The van der Waals surface area contributed by atoms with Crippen LogP contribution in [-0.2, 0) is 0 Å². The highest BCUT2D eigenvalue weighted by Gasteiger charge is 2.13. The number of hydrogen-bond acceptors (Lipinski definition) is 4. The van der Waals surface area contributed by atoms with E-state index in [0.29, 0.717) is 43.9 Å². The van der Waals surface area contributed by atoms with E-state index in [9.17, 15) is 9.59 Å². The summed E-state index contributed by atoms with van der Waals surface area (Å²) >= 11 is 0. The quantitative estimate of drug-likeness (QED) is 0.184. The molecular weight excluding hydrogens is 592 g/mol. The van der Waals surface area contributed by atoms with Crippen LogP contribution in [0.25, 0.3) is 88.4 Å². The minimum absolute atomic E-state index is 0.0317. The second-order valence-corrected chi connectivity index (χ2v) is 12.0. The van der Waals surface area contributed by atoms with Gasteiger partial charge < -0.3 is 8.83 Å². The van der Waals surface area contributed by atoms with Gasteiger partial charge in [0.25, 0.3) is 0 Å². The number of rotatable bonds is 4. The maximum absolute atomic E-state index is 13.3. The van der Waals surface area contributed by atoms with E-state index in [-0.39, 0.29) is 10.9 Å². The molecule has 48 heavy (non-hydrogen) atoms. The van der Waals surface area contributed by atoms with E-state index in [1.807, 2.05) is 72.8 Å². The fourth-order valence-corrected chi connectivity index (χ4v) is 6.68. The van der Waals surface area contributed by atoms with Gasteiger partial charge in [-0.2, -0.15) is 0 Å². The monoisotopic (exact) mass is 618 g/mol. The molecule has 226 valence electrons. The summed E-state index contributed by atoms with van der Waals surface area (Å²) in [6.07, 6.45) is 0. The molecule has 9 aromatic rings. The van der Waals surface area contributed by atoms with Crippen molar-refractivity contribution in [3.05, 3.63) is 178 Å². The van der Waals surface area contributed by atoms with Crippen LogP contribution in [0.15, 0.2) is 176 Å². The number of benzene rings is 7. The summed E-state index contributed by atoms with van der Waals surface area (Å²) in [5.41, 5.74) is 10.5. The zero-order valence-corrected chi connectivity index (χ0v) is 25.6. The van der Waals surface area contributed by atoms with Crippen LogP contribution in [-0.4, -0.2) is 0 Å². The summed E-state index contributed by atoms with van der Waals surface area (Å²) in [6, 6.07) is 51.5. The van der Waals surface area contributed by atoms with Crippen molar-refractivity contribution in [3.8, 4) is 44.5 Å². The summed E-state index contributed by atoms with van der Waals surface area (Å²) in [4.78, 5) is 26.7. The Morgan fingerprint density at radius 2 is 0.667 bits per heavy atom. The number of hydrogen-bond donors (Lipinski definition) is 0. The van der Waals surface area contributed by atoms with E-state index in [4.69, 9.17) is 8.83 Å². The van der Waals surface area contributed by atoms with Crippen molar-refractivity contribution < 1.29 is 8.83 Å². The molecule has 0 saturated carbocycles. The molecule has 2 heterocycles. The highest BCUT2D eigenvalue weighted by molar-refractivity contribution is 5.94. The average Bonchev–Trinajstić information content (AvgIpc) is 3.15. The lowest BCUT2D eigenvalue weighted by Crippen LogP contribution is -2.02. The van der Waals surface area contributed by atoms with Crippen LogP contribution in [0.5, 0.6) is 0 Å². The van der Waals surface area contributed by atoms with E-state index in [1.54, 1.807) is 12.1 Å². The Morgan fingerprint density at radius 1 is 0.292 bits per heavy atom. The van der Waals surface area contributed by atoms with Gasteiger partial charge in [0.05, 0.1) is 21.5 Å². The van der Waals surface area contributed by atoms with Gasteiger partial charge >= 0.3 is 0 Å². The van der Waals surface area contributed by atoms with Crippen LogP contribution >= 0.6 is 0 Å². The van der Waals surface area contributed by atoms with Gasteiger partial charge in [0.1, 0.15) is 22.3 Å². The molecule has 0 saturated heterocycles. The Morgan fingerprint density at radius 3 is 1.15 bits per heavy atom. The molecule has 0 spiro atoms. The van der Waals surface area contributed by atoms with Crippen molar-refractivity contribution in [1.82, 2.24) is 0 Å². The van der Waals surface area contributed by atoms with E-state index in [0.717, 1.165) is 44.5 Å². The van der Waals surface area contributed by atoms with Crippen molar-refractivity contribution in [2.45, 2.75) is 0 Å². The molecule has 0 radical (unpaired) electrons. The summed E-state index contributed by atoms with van der Waals surface area (Å²) in [6.45, 7) is 0. The zero-order valence-electron chi connectivity index (χ0n) is 25.6. The third-order valence-electron chi connectivity index (χ3n) is 9.09. The number of para-hydroxylation sites is 2. The summed E-state index contributed by atoms with van der Waals surface area (Å²) in [5.74, 6) is 0. The minimum Gasteiger partial charge on any atom is -0.456 e. The molecule has 7 aromatic carbocycles. The molecule has 0 aliphatic rings. The van der Waals surface area contributed by atoms with Gasteiger partial charge in [-0.1, -0.05) is 97.1 Å². The minimum atomic E-state index is -0.0317. The Bertz CT molecular complexity index is 2640. The van der Waals surface area contributed by atoms with Crippen molar-refractivity contribution in [3.63, 3.8) is 0 Å². The van der Waals surface area contributed by atoms with E-state index in [2.05, 4.69) is 72.8 Å². The standard InChI is InChI=1S/C44H26O4/c45-43-35-15-3-5-17-39(35)47-41-21-19-29(25-37(41)43)27-9-7-11-31(23-27)33-13-1-2-14-34(33)32-12-8-10-28(24-32)30-20-22-42-38(26-30)44(46)36-16-4-6-18-40(36)48-42/h1-26H. The van der Waals surface area contributed by atoms with Crippen LogP contribution < -0.4 is 10.9 Å². The van der Waals surface area contributed by atoms with Gasteiger partial charge in [0.2, 0.25) is 10.9 Å². The SMILES string of the molecule is O=c1c2ccccc2oc2ccc(-c3cccc(-c4ccccc4-c4cccc(-c5ccc6oc7ccccc7c(=O)c6c5)c4)c3)cc12. The van der Waals surface area contributed by atoms with Crippen LogP contribution in [0.3, 0.4) is 0 Å². The fraction of sp³-hybridized carbons (Fsp3) is 0.